The first-order chi connectivity index (χ1) is 9.46. The Hall–Kier alpha value is -0.980. The number of sulfonamides is 1. The van der Waals surface area contributed by atoms with Crippen molar-refractivity contribution in [1.29, 1.82) is 0 Å². The molecule has 112 valence electrons. The molecule has 1 aliphatic rings. The van der Waals surface area contributed by atoms with Gasteiger partial charge in [-0.1, -0.05) is 24.6 Å². The summed E-state index contributed by atoms with van der Waals surface area (Å²) in [5, 5.41) is 0. The molecule has 2 rings (SSSR count). The Bertz CT molecular complexity index is 555. The van der Waals surface area contributed by atoms with Gasteiger partial charge in [-0.05, 0) is 18.9 Å². The van der Waals surface area contributed by atoms with E-state index in [9.17, 15) is 12.8 Å². The summed E-state index contributed by atoms with van der Waals surface area (Å²) in [7, 11) is -1.91. The predicted octanol–water partition coefficient (Wildman–Crippen LogP) is 2.06. The van der Waals surface area contributed by atoms with E-state index in [4.69, 9.17) is 4.74 Å². The van der Waals surface area contributed by atoms with Crippen LogP contribution in [0.5, 0.6) is 0 Å². The molecule has 0 heterocycles. The molecule has 1 aromatic rings. The highest BCUT2D eigenvalue weighted by Crippen LogP contribution is 2.40. The Kier molecular flexibility index (Phi) is 4.78. The van der Waals surface area contributed by atoms with E-state index in [-0.39, 0.29) is 16.7 Å². The second-order valence-corrected chi connectivity index (χ2v) is 7.27. The molecule has 0 bridgehead atoms. The number of hydrogen-bond donors (Lipinski definition) is 1. The third kappa shape index (κ3) is 3.77. The monoisotopic (exact) mass is 301 g/mol. The molecular formula is C14H20FNO3S. The minimum atomic E-state index is -3.53. The fourth-order valence-electron chi connectivity index (χ4n) is 2.49. The van der Waals surface area contributed by atoms with Crippen LogP contribution in [0.3, 0.4) is 0 Å². The van der Waals surface area contributed by atoms with Crippen LogP contribution in [0.25, 0.3) is 0 Å². The summed E-state index contributed by atoms with van der Waals surface area (Å²) in [6.45, 7) is 0.910. The number of hydrogen-bond acceptors (Lipinski definition) is 3. The molecule has 0 aromatic heterocycles. The minimum absolute atomic E-state index is 0.0863. The maximum absolute atomic E-state index is 13.5. The van der Waals surface area contributed by atoms with Crippen LogP contribution in [-0.2, 0) is 20.5 Å². The normalized spacial score (nSPS) is 17.7. The van der Waals surface area contributed by atoms with E-state index < -0.39 is 15.8 Å². The largest absolute Gasteiger partial charge is 0.384 e. The lowest BCUT2D eigenvalue weighted by Gasteiger charge is -2.41. The Morgan fingerprint density at radius 1 is 1.35 bits per heavy atom. The Balaban J connectivity index is 1.96. The van der Waals surface area contributed by atoms with E-state index in [1.54, 1.807) is 19.2 Å². The smallest absolute Gasteiger partial charge is 0.215 e. The standard InChI is InChI=1S/C14H20FNO3S/c1-19-11-14(7-4-8-14)10-16-20(17,18)9-12-5-2-3-6-13(12)15/h2-3,5-6,16H,4,7-11H2,1H3. The molecule has 1 N–H and O–H groups in total. The van der Waals surface area contributed by atoms with Crippen molar-refractivity contribution in [3.63, 3.8) is 0 Å². The second-order valence-electron chi connectivity index (χ2n) is 5.46. The van der Waals surface area contributed by atoms with Gasteiger partial charge in [-0.3, -0.25) is 0 Å². The number of benzene rings is 1. The van der Waals surface area contributed by atoms with Crippen LogP contribution < -0.4 is 4.72 Å². The maximum Gasteiger partial charge on any atom is 0.215 e. The van der Waals surface area contributed by atoms with Gasteiger partial charge in [0.05, 0.1) is 12.4 Å². The molecule has 1 aliphatic carbocycles. The van der Waals surface area contributed by atoms with E-state index in [0.717, 1.165) is 19.3 Å². The van der Waals surface area contributed by atoms with Gasteiger partial charge in [0.15, 0.2) is 0 Å². The quantitative estimate of drug-likeness (QED) is 0.839. The van der Waals surface area contributed by atoms with Gasteiger partial charge in [0.1, 0.15) is 5.82 Å². The average Bonchev–Trinajstić information content (AvgIpc) is 2.35. The molecule has 4 nitrogen and oxygen atoms in total. The first-order valence-corrected chi connectivity index (χ1v) is 8.31. The maximum atomic E-state index is 13.5. The van der Waals surface area contributed by atoms with Crippen molar-refractivity contribution in [3.05, 3.63) is 35.6 Å². The summed E-state index contributed by atoms with van der Waals surface area (Å²) in [5.41, 5.74) is 0.103. The summed E-state index contributed by atoms with van der Waals surface area (Å²) in [6, 6.07) is 5.93. The molecule has 6 heteroatoms. The topological polar surface area (TPSA) is 55.4 Å². The second kappa shape index (κ2) is 6.20. The van der Waals surface area contributed by atoms with Gasteiger partial charge in [0, 0.05) is 24.6 Å². The molecule has 0 saturated heterocycles. The predicted molar refractivity (Wildman–Crippen MR) is 75.2 cm³/mol. The van der Waals surface area contributed by atoms with Crippen LogP contribution >= 0.6 is 0 Å². The lowest BCUT2D eigenvalue weighted by atomic mass is 9.69. The Labute approximate surface area is 119 Å². The van der Waals surface area contributed by atoms with Crippen molar-refractivity contribution in [2.45, 2.75) is 25.0 Å². The SMILES string of the molecule is COCC1(CNS(=O)(=O)Cc2ccccc2F)CCC1. The molecule has 0 spiro atoms. The molecule has 0 aliphatic heterocycles. The van der Waals surface area contributed by atoms with Crippen LogP contribution in [0, 0.1) is 11.2 Å². The molecular weight excluding hydrogens is 281 g/mol. The Morgan fingerprint density at radius 2 is 2.05 bits per heavy atom. The summed E-state index contributed by atoms with van der Waals surface area (Å²) in [5.74, 6) is -0.823. The molecule has 0 unspecified atom stereocenters. The molecule has 0 radical (unpaired) electrons. The van der Waals surface area contributed by atoms with E-state index >= 15 is 0 Å². The van der Waals surface area contributed by atoms with Gasteiger partial charge >= 0.3 is 0 Å². The first kappa shape index (κ1) is 15.4. The van der Waals surface area contributed by atoms with Crippen molar-refractivity contribution in [1.82, 2.24) is 4.72 Å². The van der Waals surface area contributed by atoms with Crippen molar-refractivity contribution in [2.75, 3.05) is 20.3 Å². The van der Waals surface area contributed by atoms with Crippen LogP contribution in [0.1, 0.15) is 24.8 Å². The summed E-state index contributed by atoms with van der Waals surface area (Å²) >= 11 is 0. The van der Waals surface area contributed by atoms with E-state index in [2.05, 4.69) is 4.72 Å². The van der Waals surface area contributed by atoms with Gasteiger partial charge in [0.2, 0.25) is 10.0 Å². The van der Waals surface area contributed by atoms with Crippen molar-refractivity contribution < 1.29 is 17.5 Å². The zero-order valence-electron chi connectivity index (χ0n) is 11.6. The van der Waals surface area contributed by atoms with Crippen LogP contribution in [0.2, 0.25) is 0 Å². The van der Waals surface area contributed by atoms with Crippen LogP contribution in [0.15, 0.2) is 24.3 Å². The lowest BCUT2D eigenvalue weighted by molar-refractivity contribution is 0.0220. The minimum Gasteiger partial charge on any atom is -0.384 e. The van der Waals surface area contributed by atoms with E-state index in [1.165, 1.54) is 12.1 Å². The summed E-state index contributed by atoms with van der Waals surface area (Å²) < 4.78 is 45.3. The summed E-state index contributed by atoms with van der Waals surface area (Å²) in [6.07, 6.45) is 3.02. The number of ether oxygens (including phenoxy) is 1. The van der Waals surface area contributed by atoms with Crippen molar-refractivity contribution in [3.8, 4) is 0 Å². The molecule has 20 heavy (non-hydrogen) atoms. The average molecular weight is 301 g/mol. The van der Waals surface area contributed by atoms with E-state index in [0.29, 0.717) is 13.2 Å². The van der Waals surface area contributed by atoms with E-state index in [1.807, 2.05) is 0 Å². The lowest BCUT2D eigenvalue weighted by Crippen LogP contribution is -2.45. The number of halogens is 1. The van der Waals surface area contributed by atoms with Gasteiger partial charge in [-0.2, -0.15) is 0 Å². The molecule has 0 amide bonds. The third-order valence-electron chi connectivity index (χ3n) is 3.84. The number of methoxy groups -OCH3 is 1. The number of nitrogens with one attached hydrogen (secondary N) is 1. The summed E-state index contributed by atoms with van der Waals surface area (Å²) in [4.78, 5) is 0. The third-order valence-corrected chi connectivity index (χ3v) is 5.11. The highest BCUT2D eigenvalue weighted by molar-refractivity contribution is 7.88. The molecule has 1 fully saturated rings. The highest BCUT2D eigenvalue weighted by atomic mass is 32.2. The molecule has 1 saturated carbocycles. The number of rotatable bonds is 7. The van der Waals surface area contributed by atoms with Gasteiger partial charge < -0.3 is 4.74 Å². The fraction of sp³-hybridized carbons (Fsp3) is 0.571. The van der Waals surface area contributed by atoms with Crippen LogP contribution in [-0.4, -0.2) is 28.7 Å². The van der Waals surface area contributed by atoms with Gasteiger partial charge in [-0.25, -0.2) is 17.5 Å². The zero-order valence-corrected chi connectivity index (χ0v) is 12.4. The van der Waals surface area contributed by atoms with Crippen molar-refractivity contribution >= 4 is 10.0 Å². The highest BCUT2D eigenvalue weighted by Gasteiger charge is 2.37. The zero-order chi connectivity index (χ0) is 14.6. The Morgan fingerprint density at radius 3 is 2.60 bits per heavy atom. The molecule has 1 aromatic carbocycles. The van der Waals surface area contributed by atoms with Crippen LogP contribution in [0.4, 0.5) is 4.39 Å². The fourth-order valence-corrected chi connectivity index (χ4v) is 3.76. The molecule has 0 atom stereocenters. The van der Waals surface area contributed by atoms with Gasteiger partial charge in [0.25, 0.3) is 0 Å². The first-order valence-electron chi connectivity index (χ1n) is 6.66. The van der Waals surface area contributed by atoms with Crippen molar-refractivity contribution in [2.24, 2.45) is 5.41 Å². The van der Waals surface area contributed by atoms with Gasteiger partial charge in [-0.15, -0.1) is 0 Å².